The van der Waals surface area contributed by atoms with Crippen LogP contribution in [-0.2, 0) is 21.7 Å². The molecule has 1 aromatic rings. The minimum absolute atomic E-state index is 0. The monoisotopic (exact) mass is 355 g/mol. The Morgan fingerprint density at radius 2 is 1.75 bits per heavy atom. The van der Waals surface area contributed by atoms with E-state index in [1.165, 1.54) is 24.0 Å². The Hall–Kier alpha value is -0.586. The third-order valence-electron chi connectivity index (χ3n) is 6.33. The zero-order valence-corrected chi connectivity index (χ0v) is 17.4. The smallest absolute Gasteiger partial charge is 0.358 e. The van der Waals surface area contributed by atoms with Crippen LogP contribution in [0.1, 0.15) is 50.7 Å². The molecule has 4 rings (SSSR count). The Labute approximate surface area is 164 Å². The van der Waals surface area contributed by atoms with Gasteiger partial charge in [0.05, 0.1) is 0 Å². The topological polar surface area (TPSA) is 0 Å². The zero-order valence-electron chi connectivity index (χ0n) is 15.8. The number of hydrogen-bond donors (Lipinski definition) is 0. The van der Waals surface area contributed by atoms with Crippen molar-refractivity contribution in [3.8, 4) is 0 Å². The van der Waals surface area contributed by atoms with Gasteiger partial charge < -0.3 is 21.3 Å². The Morgan fingerprint density at radius 1 is 1.04 bits per heavy atom. The van der Waals surface area contributed by atoms with E-state index in [-0.39, 0.29) is 42.0 Å². The molecular formula is C23H31Ti. The summed E-state index contributed by atoms with van der Waals surface area (Å²) in [6, 6.07) is 8.92. The molecule has 0 bridgehead atoms. The van der Waals surface area contributed by atoms with Crippen LogP contribution in [0.3, 0.4) is 0 Å². The minimum atomic E-state index is 0. The molecule has 0 heterocycles. The van der Waals surface area contributed by atoms with E-state index in [9.17, 15) is 0 Å². The second-order valence-electron chi connectivity index (χ2n) is 7.93. The van der Waals surface area contributed by atoms with Crippen LogP contribution in [0.25, 0.3) is 6.08 Å². The fraction of sp³-hybridized carbons (Fsp3) is 0.435. The average molecular weight is 355 g/mol. The Balaban J connectivity index is 0.000000960. The van der Waals surface area contributed by atoms with Crippen LogP contribution in [0.4, 0.5) is 0 Å². The Bertz CT molecular complexity index is 625. The quantitative estimate of drug-likeness (QED) is 0.305. The maximum Gasteiger partial charge on any atom is 3.00 e. The van der Waals surface area contributed by atoms with Gasteiger partial charge in [0.2, 0.25) is 0 Å². The maximum atomic E-state index is 2.59. The molecule has 0 N–H and O–H groups in total. The summed E-state index contributed by atoms with van der Waals surface area (Å²) in [7, 11) is 0. The molecule has 0 aromatic heterocycles. The number of benzene rings is 1. The molecule has 1 radical (unpaired) electrons. The van der Waals surface area contributed by atoms with E-state index in [1.54, 1.807) is 0 Å². The van der Waals surface area contributed by atoms with Crippen molar-refractivity contribution in [2.45, 2.75) is 39.5 Å². The normalized spacial score (nSPS) is 34.4. The molecule has 0 amide bonds. The van der Waals surface area contributed by atoms with Crippen molar-refractivity contribution in [2.24, 2.45) is 22.7 Å². The number of rotatable bonds is 1. The van der Waals surface area contributed by atoms with Crippen molar-refractivity contribution >= 4 is 6.08 Å². The molecule has 1 fully saturated rings. The summed E-state index contributed by atoms with van der Waals surface area (Å²) in [5.74, 6) is 2.05. The second-order valence-corrected chi connectivity index (χ2v) is 7.93. The van der Waals surface area contributed by atoms with Gasteiger partial charge in [-0.25, -0.2) is 0 Å². The molecule has 127 valence electrons. The van der Waals surface area contributed by atoms with Crippen molar-refractivity contribution in [1.82, 2.24) is 0 Å². The predicted molar refractivity (Wildman–Crippen MR) is 103 cm³/mol. The van der Waals surface area contributed by atoms with Crippen LogP contribution in [0, 0.1) is 43.9 Å². The molecule has 0 aliphatic heterocycles. The zero-order chi connectivity index (χ0) is 14.7. The van der Waals surface area contributed by atoms with Gasteiger partial charge in [0.25, 0.3) is 0 Å². The van der Waals surface area contributed by atoms with Gasteiger partial charge >= 0.3 is 21.7 Å². The first-order chi connectivity index (χ1) is 10.0. The largest absolute Gasteiger partial charge is 3.00 e. The van der Waals surface area contributed by atoms with E-state index in [2.05, 4.69) is 75.8 Å². The molecule has 3 aliphatic carbocycles. The number of fused-ring (bicyclic) bond motifs is 2. The average Bonchev–Trinajstić information content (AvgIpc) is 3.11. The van der Waals surface area contributed by atoms with Crippen LogP contribution < -0.4 is 0 Å². The van der Waals surface area contributed by atoms with Crippen molar-refractivity contribution in [2.75, 3.05) is 0 Å². The third-order valence-corrected chi connectivity index (χ3v) is 6.33. The van der Waals surface area contributed by atoms with Crippen LogP contribution in [-0.4, -0.2) is 0 Å². The van der Waals surface area contributed by atoms with Gasteiger partial charge in [-0.05, 0) is 22.0 Å². The summed E-state index contributed by atoms with van der Waals surface area (Å²) in [6.45, 7) is 7.30. The van der Waals surface area contributed by atoms with Crippen LogP contribution in [0.2, 0.25) is 0 Å². The summed E-state index contributed by atoms with van der Waals surface area (Å²) in [5.41, 5.74) is 3.52. The Kier molecular flexibility index (Phi) is 6.56. The van der Waals surface area contributed by atoms with Gasteiger partial charge in [0.1, 0.15) is 0 Å². The van der Waals surface area contributed by atoms with Crippen LogP contribution in [0.15, 0.2) is 42.5 Å². The molecule has 0 spiro atoms. The standard InChI is InChI=1S/C21H25.2CH3.Ti/c1-20(2)13-14-21(3,19-10-6-9-18(19)20)17-12-11-15-7-4-5-8-16(15)17;;;/h4-5,7-9,11-14,17-19H,6,10H2,1-3H3;2*1H3;/q3*-1;+3. The SMILES string of the molecule is CC1(C)C=CC(C)(C2C=Cc3ccccc32)C2CC[CH-]C21.[CH3-].[CH3-].[Ti+3]. The first-order valence-corrected chi connectivity index (χ1v) is 8.33. The van der Waals surface area contributed by atoms with E-state index in [0.717, 1.165) is 11.8 Å². The minimum Gasteiger partial charge on any atom is -0.358 e. The molecule has 4 unspecified atom stereocenters. The summed E-state index contributed by atoms with van der Waals surface area (Å²) < 4.78 is 0. The van der Waals surface area contributed by atoms with Crippen molar-refractivity contribution in [1.29, 1.82) is 0 Å². The number of allylic oxidation sites excluding steroid dienone is 3. The first kappa shape index (κ1) is 21.5. The van der Waals surface area contributed by atoms with E-state index >= 15 is 0 Å². The Morgan fingerprint density at radius 3 is 2.50 bits per heavy atom. The van der Waals surface area contributed by atoms with E-state index in [4.69, 9.17) is 0 Å². The van der Waals surface area contributed by atoms with Gasteiger partial charge in [-0.1, -0.05) is 81.7 Å². The fourth-order valence-electron chi connectivity index (χ4n) is 5.07. The van der Waals surface area contributed by atoms with E-state index < -0.39 is 0 Å². The van der Waals surface area contributed by atoms with E-state index in [0.29, 0.717) is 11.3 Å². The molecule has 1 saturated carbocycles. The van der Waals surface area contributed by atoms with Gasteiger partial charge in [-0.3, -0.25) is 0 Å². The summed E-state index contributed by atoms with van der Waals surface area (Å²) >= 11 is 0. The first-order valence-electron chi connectivity index (χ1n) is 8.33. The molecule has 3 aliphatic rings. The number of hydrogen-bond acceptors (Lipinski definition) is 0. The van der Waals surface area contributed by atoms with Crippen LogP contribution >= 0.6 is 0 Å². The van der Waals surface area contributed by atoms with Crippen molar-refractivity contribution in [3.05, 3.63) is 74.9 Å². The second kappa shape index (κ2) is 7.34. The molecular weight excluding hydrogens is 324 g/mol. The van der Waals surface area contributed by atoms with Crippen LogP contribution in [0.5, 0.6) is 0 Å². The molecule has 1 aromatic carbocycles. The fourth-order valence-corrected chi connectivity index (χ4v) is 5.07. The molecule has 1 heteroatoms. The summed E-state index contributed by atoms with van der Waals surface area (Å²) in [5, 5.41) is 0. The maximum absolute atomic E-state index is 2.59. The molecule has 0 saturated heterocycles. The predicted octanol–water partition coefficient (Wildman–Crippen LogP) is 6.53. The summed E-state index contributed by atoms with van der Waals surface area (Å²) in [6.07, 6.45) is 15.0. The summed E-state index contributed by atoms with van der Waals surface area (Å²) in [4.78, 5) is 0. The molecule has 4 atom stereocenters. The van der Waals surface area contributed by atoms with E-state index in [1.807, 2.05) is 0 Å². The van der Waals surface area contributed by atoms with Gasteiger partial charge in [0.15, 0.2) is 0 Å². The van der Waals surface area contributed by atoms with Crippen molar-refractivity contribution in [3.63, 3.8) is 0 Å². The van der Waals surface area contributed by atoms with Gasteiger partial charge in [-0.15, -0.1) is 0 Å². The molecule has 0 nitrogen and oxygen atoms in total. The van der Waals surface area contributed by atoms with Crippen molar-refractivity contribution < 1.29 is 21.7 Å². The third kappa shape index (κ3) is 3.01. The van der Waals surface area contributed by atoms with Gasteiger partial charge in [-0.2, -0.15) is 12.3 Å². The molecule has 24 heavy (non-hydrogen) atoms. The van der Waals surface area contributed by atoms with Gasteiger partial charge in [0, 0.05) is 5.92 Å².